The number of carboxylic acid groups (broad SMARTS) is 1. The summed E-state index contributed by atoms with van der Waals surface area (Å²) in [7, 11) is 0. The van der Waals surface area contributed by atoms with Gasteiger partial charge in [0.05, 0.1) is 0 Å². The molecule has 0 aromatic heterocycles. The van der Waals surface area contributed by atoms with Gasteiger partial charge in [-0.1, -0.05) is 0 Å². The number of primary amides is 1. The van der Waals surface area contributed by atoms with Crippen LogP contribution in [0.2, 0.25) is 0 Å². The fourth-order valence-electron chi connectivity index (χ4n) is 0.950. The van der Waals surface area contributed by atoms with Crippen LogP contribution in [0, 0.1) is 0 Å². The van der Waals surface area contributed by atoms with Gasteiger partial charge >= 0.3 is 12.0 Å². The Morgan fingerprint density at radius 2 is 1.88 bits per heavy atom. The van der Waals surface area contributed by atoms with E-state index < -0.39 is 29.5 Å². The molecule has 0 aromatic carbocycles. The zero-order chi connectivity index (χ0) is 12.9. The first kappa shape index (κ1) is 14.2. The van der Waals surface area contributed by atoms with Crippen molar-refractivity contribution in [1.29, 1.82) is 0 Å². The van der Waals surface area contributed by atoms with E-state index in [1.54, 1.807) is 6.92 Å². The quantitative estimate of drug-likeness (QED) is 0.505. The van der Waals surface area contributed by atoms with Crippen LogP contribution in [0.1, 0.15) is 27.2 Å². The number of aliphatic carboxylic acids is 1. The van der Waals surface area contributed by atoms with Crippen molar-refractivity contribution >= 4 is 17.9 Å². The highest BCUT2D eigenvalue weighted by Crippen LogP contribution is 2.01. The molecule has 0 aliphatic heterocycles. The minimum absolute atomic E-state index is 0.000913. The predicted molar refractivity (Wildman–Crippen MR) is 56.7 cm³/mol. The Bertz CT molecular complexity index is 301. The zero-order valence-electron chi connectivity index (χ0n) is 9.53. The second kappa shape index (κ2) is 5.34. The number of hydrogen-bond acceptors (Lipinski definition) is 3. The van der Waals surface area contributed by atoms with Gasteiger partial charge in [-0.3, -0.25) is 4.79 Å². The minimum Gasteiger partial charge on any atom is -0.480 e. The number of rotatable bonds is 5. The molecule has 0 spiro atoms. The van der Waals surface area contributed by atoms with Gasteiger partial charge in [0.2, 0.25) is 5.91 Å². The van der Waals surface area contributed by atoms with Gasteiger partial charge in [-0.2, -0.15) is 0 Å². The second-order valence-electron chi connectivity index (χ2n) is 4.10. The summed E-state index contributed by atoms with van der Waals surface area (Å²) in [4.78, 5) is 32.6. The molecule has 0 radical (unpaired) electrons. The fourth-order valence-corrected chi connectivity index (χ4v) is 0.950. The molecule has 7 heteroatoms. The van der Waals surface area contributed by atoms with Gasteiger partial charge in [0.25, 0.3) is 0 Å². The Morgan fingerprint density at radius 1 is 1.38 bits per heavy atom. The lowest BCUT2D eigenvalue weighted by Crippen LogP contribution is -2.54. The van der Waals surface area contributed by atoms with E-state index >= 15 is 0 Å². The van der Waals surface area contributed by atoms with Crippen molar-refractivity contribution in [2.24, 2.45) is 5.73 Å². The number of carbonyl (C=O) groups excluding carboxylic acids is 2. The van der Waals surface area contributed by atoms with Gasteiger partial charge in [0.15, 0.2) is 0 Å². The van der Waals surface area contributed by atoms with Gasteiger partial charge in [0, 0.05) is 12.5 Å². The summed E-state index contributed by atoms with van der Waals surface area (Å²) in [5.41, 5.74) is 3.58. The van der Waals surface area contributed by atoms with E-state index in [0.29, 0.717) is 0 Å². The lowest BCUT2D eigenvalue weighted by Gasteiger charge is -2.22. The molecule has 0 rings (SSSR count). The molecule has 0 heterocycles. The summed E-state index contributed by atoms with van der Waals surface area (Å²) in [5, 5.41) is 13.4. The first-order chi connectivity index (χ1) is 7.15. The van der Waals surface area contributed by atoms with Crippen LogP contribution in [0.25, 0.3) is 0 Å². The number of carbonyl (C=O) groups is 3. The number of amides is 3. The van der Waals surface area contributed by atoms with E-state index in [1.807, 2.05) is 0 Å². The molecule has 92 valence electrons. The van der Waals surface area contributed by atoms with E-state index in [4.69, 9.17) is 10.8 Å². The summed E-state index contributed by atoms with van der Waals surface area (Å²) >= 11 is 0. The molecule has 3 amide bonds. The first-order valence-corrected chi connectivity index (χ1v) is 4.75. The van der Waals surface area contributed by atoms with E-state index in [-0.39, 0.29) is 6.42 Å². The molecule has 0 saturated carbocycles. The Morgan fingerprint density at radius 3 is 2.25 bits per heavy atom. The third-order valence-corrected chi connectivity index (χ3v) is 1.85. The van der Waals surface area contributed by atoms with Crippen LogP contribution in [0.3, 0.4) is 0 Å². The monoisotopic (exact) mass is 231 g/mol. The lowest BCUT2D eigenvalue weighted by molar-refractivity contribution is -0.143. The van der Waals surface area contributed by atoms with Crippen molar-refractivity contribution in [3.8, 4) is 0 Å². The average molecular weight is 231 g/mol. The van der Waals surface area contributed by atoms with E-state index in [9.17, 15) is 14.4 Å². The molecule has 0 saturated heterocycles. The van der Waals surface area contributed by atoms with E-state index in [1.165, 1.54) is 13.8 Å². The Balaban J connectivity index is 4.19. The fraction of sp³-hybridized carbons (Fsp3) is 0.667. The zero-order valence-corrected chi connectivity index (χ0v) is 9.53. The van der Waals surface area contributed by atoms with Crippen LogP contribution in [-0.2, 0) is 9.59 Å². The summed E-state index contributed by atoms with van der Waals surface area (Å²) in [6.45, 7) is 4.30. The number of urea groups is 1. The van der Waals surface area contributed by atoms with Gasteiger partial charge in [-0.15, -0.1) is 0 Å². The lowest BCUT2D eigenvalue weighted by atomic mass is 10.1. The van der Waals surface area contributed by atoms with Gasteiger partial charge in [-0.25, -0.2) is 9.59 Å². The van der Waals surface area contributed by atoms with Crippen molar-refractivity contribution in [1.82, 2.24) is 10.6 Å². The van der Waals surface area contributed by atoms with Crippen LogP contribution in [0.5, 0.6) is 0 Å². The first-order valence-electron chi connectivity index (χ1n) is 4.75. The van der Waals surface area contributed by atoms with E-state index in [2.05, 4.69) is 10.6 Å². The minimum atomic E-state index is -1.36. The van der Waals surface area contributed by atoms with Crippen LogP contribution in [-0.4, -0.2) is 34.6 Å². The highest BCUT2D eigenvalue weighted by Gasteiger charge is 2.29. The average Bonchev–Trinajstić information content (AvgIpc) is 1.99. The summed E-state index contributed by atoms with van der Waals surface area (Å²) < 4.78 is 0. The summed E-state index contributed by atoms with van der Waals surface area (Å²) in [5.74, 6) is -1.68. The van der Waals surface area contributed by atoms with Crippen molar-refractivity contribution < 1.29 is 19.5 Å². The molecular weight excluding hydrogens is 214 g/mol. The molecule has 1 atom stereocenters. The molecule has 0 aliphatic rings. The second-order valence-corrected chi connectivity index (χ2v) is 4.10. The molecule has 7 nitrogen and oxygen atoms in total. The maximum atomic E-state index is 11.3. The van der Waals surface area contributed by atoms with E-state index in [0.717, 1.165) is 0 Å². The van der Waals surface area contributed by atoms with Crippen molar-refractivity contribution in [3.63, 3.8) is 0 Å². The summed E-state index contributed by atoms with van der Waals surface area (Å²) in [6.07, 6.45) is 0.000913. The van der Waals surface area contributed by atoms with Crippen LogP contribution in [0.4, 0.5) is 4.79 Å². The molecule has 0 bridgehead atoms. The smallest absolute Gasteiger partial charge is 0.328 e. The molecule has 0 aromatic rings. The van der Waals surface area contributed by atoms with Crippen molar-refractivity contribution in [2.45, 2.75) is 38.8 Å². The third kappa shape index (κ3) is 5.18. The SMILES string of the molecule is CC(CC(N)=O)NC(=O)NC(C)(C)C(=O)O. The molecule has 16 heavy (non-hydrogen) atoms. The Hall–Kier alpha value is -1.79. The maximum absolute atomic E-state index is 11.3. The standard InChI is InChI=1S/C9H17N3O4/c1-5(4-6(10)13)11-8(16)12-9(2,3)7(14)15/h5H,4H2,1-3H3,(H2,10,13)(H,14,15)(H2,11,12,16). The number of carboxylic acids is 1. The predicted octanol–water partition coefficient (Wildman–Crippen LogP) is -0.587. The van der Waals surface area contributed by atoms with Crippen molar-refractivity contribution in [2.75, 3.05) is 0 Å². The largest absolute Gasteiger partial charge is 0.480 e. The molecule has 0 aliphatic carbocycles. The number of nitrogens with two attached hydrogens (primary N) is 1. The highest BCUT2D eigenvalue weighted by molar-refractivity contribution is 5.85. The molecule has 0 fully saturated rings. The molecular formula is C9H17N3O4. The van der Waals surface area contributed by atoms with Gasteiger partial charge < -0.3 is 21.5 Å². The Kier molecular flexibility index (Phi) is 4.74. The number of nitrogens with one attached hydrogen (secondary N) is 2. The normalized spacial score (nSPS) is 12.7. The van der Waals surface area contributed by atoms with Crippen LogP contribution >= 0.6 is 0 Å². The maximum Gasteiger partial charge on any atom is 0.328 e. The van der Waals surface area contributed by atoms with Gasteiger partial charge in [-0.05, 0) is 20.8 Å². The number of hydrogen-bond donors (Lipinski definition) is 4. The highest BCUT2D eigenvalue weighted by atomic mass is 16.4. The third-order valence-electron chi connectivity index (χ3n) is 1.85. The van der Waals surface area contributed by atoms with Crippen molar-refractivity contribution in [3.05, 3.63) is 0 Å². The van der Waals surface area contributed by atoms with Crippen LogP contribution < -0.4 is 16.4 Å². The summed E-state index contributed by atoms with van der Waals surface area (Å²) in [6, 6.07) is -1.09. The molecule has 5 N–H and O–H groups in total. The Labute approximate surface area is 93.4 Å². The van der Waals surface area contributed by atoms with Crippen LogP contribution in [0.15, 0.2) is 0 Å². The topological polar surface area (TPSA) is 122 Å². The molecule has 1 unspecified atom stereocenters. The van der Waals surface area contributed by atoms with Gasteiger partial charge in [0.1, 0.15) is 5.54 Å².